The summed E-state index contributed by atoms with van der Waals surface area (Å²) in [5, 5.41) is 4.15. The van der Waals surface area contributed by atoms with E-state index in [1.54, 1.807) is 10.7 Å². The van der Waals surface area contributed by atoms with Crippen molar-refractivity contribution in [1.82, 2.24) is 14.6 Å². The third-order valence-corrected chi connectivity index (χ3v) is 3.56. The molecule has 102 valence electrons. The number of hydrogen-bond donors (Lipinski definition) is 0. The van der Waals surface area contributed by atoms with Crippen molar-refractivity contribution in [2.75, 3.05) is 23.9 Å². The molecule has 0 amide bonds. The van der Waals surface area contributed by atoms with Gasteiger partial charge in [-0.1, -0.05) is 0 Å². The molecule has 5 nitrogen and oxygen atoms in total. The van der Waals surface area contributed by atoms with Crippen LogP contribution in [0.3, 0.4) is 0 Å². The molecule has 3 heterocycles. The normalized spacial score (nSPS) is 22.9. The Morgan fingerprint density at radius 3 is 3.11 bits per heavy atom. The highest BCUT2D eigenvalue weighted by Crippen LogP contribution is 2.25. The summed E-state index contributed by atoms with van der Waals surface area (Å²) >= 11 is 5.95. The monoisotopic (exact) mass is 280 g/mol. The number of nitrogens with zero attached hydrogens (tertiary/aromatic N) is 4. The molecule has 19 heavy (non-hydrogen) atoms. The third kappa shape index (κ3) is 2.53. The lowest BCUT2D eigenvalue weighted by Crippen LogP contribution is -2.53. The van der Waals surface area contributed by atoms with Crippen molar-refractivity contribution in [3.05, 3.63) is 24.5 Å². The van der Waals surface area contributed by atoms with E-state index >= 15 is 0 Å². The first-order chi connectivity index (χ1) is 9.07. The zero-order chi connectivity index (χ0) is 13.5. The summed E-state index contributed by atoms with van der Waals surface area (Å²) in [5.74, 6) is 1.44. The lowest BCUT2D eigenvalue weighted by molar-refractivity contribution is -0.0736. The molecule has 0 N–H and O–H groups in total. The van der Waals surface area contributed by atoms with E-state index in [0.29, 0.717) is 5.88 Å². The molecule has 0 bridgehead atoms. The molecule has 3 rings (SSSR count). The predicted octanol–water partition coefficient (Wildman–Crippen LogP) is 1.95. The predicted molar refractivity (Wildman–Crippen MR) is 74.9 cm³/mol. The summed E-state index contributed by atoms with van der Waals surface area (Å²) in [7, 11) is 0. The van der Waals surface area contributed by atoms with Crippen LogP contribution in [-0.2, 0) is 4.74 Å². The van der Waals surface area contributed by atoms with Crippen molar-refractivity contribution in [2.24, 2.45) is 0 Å². The van der Waals surface area contributed by atoms with E-state index in [1.165, 1.54) is 0 Å². The Morgan fingerprint density at radius 1 is 1.47 bits per heavy atom. The van der Waals surface area contributed by atoms with Crippen LogP contribution in [0.1, 0.15) is 13.8 Å². The topological polar surface area (TPSA) is 42.7 Å². The van der Waals surface area contributed by atoms with Gasteiger partial charge in [-0.2, -0.15) is 5.10 Å². The van der Waals surface area contributed by atoms with E-state index in [2.05, 4.69) is 28.8 Å². The zero-order valence-electron chi connectivity index (χ0n) is 11.1. The van der Waals surface area contributed by atoms with Crippen LogP contribution in [0.2, 0.25) is 0 Å². The zero-order valence-corrected chi connectivity index (χ0v) is 11.8. The van der Waals surface area contributed by atoms with Crippen molar-refractivity contribution in [1.29, 1.82) is 0 Å². The average molecular weight is 281 g/mol. The van der Waals surface area contributed by atoms with E-state index in [-0.39, 0.29) is 11.7 Å². The van der Waals surface area contributed by atoms with Crippen molar-refractivity contribution < 1.29 is 4.74 Å². The second-order valence-electron chi connectivity index (χ2n) is 5.45. The minimum atomic E-state index is -0.216. The minimum absolute atomic E-state index is 0.0355. The molecule has 0 aliphatic carbocycles. The molecule has 0 aromatic carbocycles. The Bertz CT molecular complexity index is 583. The number of morpholine rings is 1. The van der Waals surface area contributed by atoms with Crippen molar-refractivity contribution in [3.8, 4) is 0 Å². The van der Waals surface area contributed by atoms with Gasteiger partial charge in [0.1, 0.15) is 5.82 Å². The molecular formula is C13H17ClN4O. The van der Waals surface area contributed by atoms with Crippen molar-refractivity contribution in [2.45, 2.75) is 25.6 Å². The average Bonchev–Trinajstić information content (AvgIpc) is 2.83. The van der Waals surface area contributed by atoms with E-state index in [4.69, 9.17) is 16.3 Å². The van der Waals surface area contributed by atoms with E-state index < -0.39 is 0 Å². The third-order valence-electron chi connectivity index (χ3n) is 3.22. The van der Waals surface area contributed by atoms with E-state index in [0.717, 1.165) is 24.6 Å². The van der Waals surface area contributed by atoms with Gasteiger partial charge < -0.3 is 9.64 Å². The van der Waals surface area contributed by atoms with Crippen LogP contribution in [0.4, 0.5) is 5.82 Å². The van der Waals surface area contributed by atoms with Crippen molar-refractivity contribution >= 4 is 23.1 Å². The van der Waals surface area contributed by atoms with Crippen LogP contribution in [0, 0.1) is 0 Å². The van der Waals surface area contributed by atoms with Gasteiger partial charge in [-0.05, 0) is 19.9 Å². The summed E-state index contributed by atoms with van der Waals surface area (Å²) in [4.78, 5) is 6.85. The molecule has 1 fully saturated rings. The maximum Gasteiger partial charge on any atom is 0.157 e. The summed E-state index contributed by atoms with van der Waals surface area (Å²) < 4.78 is 7.69. The summed E-state index contributed by atoms with van der Waals surface area (Å²) in [5.41, 5.74) is 0.635. The molecule has 1 aliphatic heterocycles. The highest BCUT2D eigenvalue weighted by atomic mass is 35.5. The summed E-state index contributed by atoms with van der Waals surface area (Å²) in [6, 6.07) is 3.88. The number of ether oxygens (including phenoxy) is 1. The molecule has 1 saturated heterocycles. The number of fused-ring (bicyclic) bond motifs is 1. The molecule has 0 spiro atoms. The van der Waals surface area contributed by atoms with Gasteiger partial charge in [0.15, 0.2) is 5.65 Å². The molecule has 0 radical (unpaired) electrons. The van der Waals surface area contributed by atoms with Crippen LogP contribution in [-0.4, -0.2) is 45.3 Å². The van der Waals surface area contributed by atoms with Crippen LogP contribution < -0.4 is 4.90 Å². The molecule has 6 heteroatoms. The first-order valence-corrected chi connectivity index (χ1v) is 6.90. The number of anilines is 1. The van der Waals surface area contributed by atoms with Gasteiger partial charge in [0.25, 0.3) is 0 Å². The number of hydrogen-bond acceptors (Lipinski definition) is 4. The molecule has 1 atom stereocenters. The Kier molecular flexibility index (Phi) is 3.11. The maximum absolute atomic E-state index is 5.95. The van der Waals surface area contributed by atoms with Gasteiger partial charge >= 0.3 is 0 Å². The van der Waals surface area contributed by atoms with Crippen LogP contribution in [0.5, 0.6) is 0 Å². The Balaban J connectivity index is 1.91. The fourth-order valence-corrected chi connectivity index (χ4v) is 2.69. The smallest absolute Gasteiger partial charge is 0.157 e. The highest BCUT2D eigenvalue weighted by Gasteiger charge is 2.33. The van der Waals surface area contributed by atoms with E-state index in [1.807, 2.05) is 18.3 Å². The standard InChI is InChI=1S/C13H17ClN4O/c1-13(2)9-17(8-10(7-14)19-13)11-4-6-18-12(16-11)3-5-15-18/h3-6,10H,7-9H2,1-2H3. The largest absolute Gasteiger partial charge is 0.367 e. The van der Waals surface area contributed by atoms with Gasteiger partial charge in [0, 0.05) is 25.4 Å². The van der Waals surface area contributed by atoms with Gasteiger partial charge in [0.05, 0.1) is 23.8 Å². The molecule has 2 aromatic heterocycles. The second-order valence-corrected chi connectivity index (χ2v) is 5.76. The summed E-state index contributed by atoms with van der Waals surface area (Å²) in [6.07, 6.45) is 3.71. The molecule has 1 unspecified atom stereocenters. The van der Waals surface area contributed by atoms with Crippen molar-refractivity contribution in [3.63, 3.8) is 0 Å². The van der Waals surface area contributed by atoms with Gasteiger partial charge in [-0.15, -0.1) is 11.6 Å². The first-order valence-electron chi connectivity index (χ1n) is 6.36. The van der Waals surface area contributed by atoms with Gasteiger partial charge in [-0.25, -0.2) is 9.50 Å². The van der Waals surface area contributed by atoms with Crippen LogP contribution in [0.15, 0.2) is 24.5 Å². The summed E-state index contributed by atoms with van der Waals surface area (Å²) in [6.45, 7) is 5.73. The molecule has 0 saturated carbocycles. The number of rotatable bonds is 2. The number of aromatic nitrogens is 3. The number of alkyl halides is 1. The number of halogens is 1. The fraction of sp³-hybridized carbons (Fsp3) is 0.538. The lowest BCUT2D eigenvalue weighted by Gasteiger charge is -2.42. The molecule has 1 aliphatic rings. The lowest BCUT2D eigenvalue weighted by atomic mass is 10.1. The molecular weight excluding hydrogens is 264 g/mol. The molecule has 2 aromatic rings. The second kappa shape index (κ2) is 4.65. The Labute approximate surface area is 117 Å². The van der Waals surface area contributed by atoms with Crippen LogP contribution in [0.25, 0.3) is 5.65 Å². The minimum Gasteiger partial charge on any atom is -0.367 e. The van der Waals surface area contributed by atoms with Crippen LogP contribution >= 0.6 is 11.6 Å². The fourth-order valence-electron chi connectivity index (χ4n) is 2.53. The first kappa shape index (κ1) is 12.7. The highest BCUT2D eigenvalue weighted by molar-refractivity contribution is 6.18. The quantitative estimate of drug-likeness (QED) is 0.789. The van der Waals surface area contributed by atoms with Gasteiger partial charge in [-0.3, -0.25) is 0 Å². The Morgan fingerprint density at radius 2 is 2.32 bits per heavy atom. The Hall–Kier alpha value is -1.33. The van der Waals surface area contributed by atoms with E-state index in [9.17, 15) is 0 Å². The maximum atomic E-state index is 5.95. The van der Waals surface area contributed by atoms with Gasteiger partial charge in [0.2, 0.25) is 0 Å². The SMILES string of the molecule is CC1(C)CN(c2ccn3nccc3n2)CC(CCl)O1.